The van der Waals surface area contributed by atoms with Crippen LogP contribution >= 0.6 is 11.6 Å². The van der Waals surface area contributed by atoms with E-state index >= 15 is 0 Å². The number of halogens is 4. The molecule has 6 N–H and O–H groups in total. The summed E-state index contributed by atoms with van der Waals surface area (Å²) < 4.78 is 44.6. The summed E-state index contributed by atoms with van der Waals surface area (Å²) in [5.74, 6) is -1.56. The molecule has 0 spiro atoms. The van der Waals surface area contributed by atoms with Crippen LogP contribution in [0.15, 0.2) is 35.1 Å². The molecule has 17 heteroatoms. The quantitative estimate of drug-likeness (QED) is 0.158. The molecular formula is C24H27ClF3N7O6. The number of fused-ring (bicyclic) bond motifs is 1. The summed E-state index contributed by atoms with van der Waals surface area (Å²) in [5.41, 5.74) is 9.12. The monoisotopic (exact) mass is 601 g/mol. The van der Waals surface area contributed by atoms with Crippen molar-refractivity contribution in [1.29, 1.82) is 0 Å². The number of anilines is 1. The number of aromatic nitrogens is 5. The van der Waals surface area contributed by atoms with Crippen LogP contribution in [0.25, 0.3) is 33.8 Å². The minimum absolute atomic E-state index is 0.140. The van der Waals surface area contributed by atoms with Crippen molar-refractivity contribution < 1.29 is 42.7 Å². The standard InChI is InChI=1S/C22H26ClN7O4.C2HF3O2/c1-2-30-20-16(33-8-4-7-25-10-15(32)12-31)11-26-17(13-5-3-6-14(23)9-13)18(20)27-22(30)19-21(24)29-34-28-19;3-2(4,5)1(6)7/h3,5-6,9,11,15,25,31-32H,2,4,7-8,10,12H2,1H3,(H2,24,29);(H,6,7). The molecule has 13 nitrogen and oxygen atoms in total. The minimum atomic E-state index is -5.08. The molecule has 0 fully saturated rings. The van der Waals surface area contributed by atoms with E-state index in [1.165, 1.54) is 0 Å². The van der Waals surface area contributed by atoms with Gasteiger partial charge in [0, 0.05) is 23.7 Å². The Morgan fingerprint density at radius 1 is 1.29 bits per heavy atom. The Hall–Kier alpha value is -3.99. The lowest BCUT2D eigenvalue weighted by Gasteiger charge is -2.12. The van der Waals surface area contributed by atoms with E-state index < -0.39 is 18.2 Å². The highest BCUT2D eigenvalue weighted by atomic mass is 35.5. The summed E-state index contributed by atoms with van der Waals surface area (Å²) in [4.78, 5) is 18.3. The number of pyridine rings is 1. The van der Waals surface area contributed by atoms with Crippen molar-refractivity contribution in [3.05, 3.63) is 35.5 Å². The Morgan fingerprint density at radius 3 is 2.61 bits per heavy atom. The first-order chi connectivity index (χ1) is 19.5. The van der Waals surface area contributed by atoms with Crippen LogP contribution in [0.2, 0.25) is 5.02 Å². The predicted octanol–water partition coefficient (Wildman–Crippen LogP) is 2.75. The van der Waals surface area contributed by atoms with Crippen molar-refractivity contribution in [2.75, 3.05) is 32.0 Å². The number of hydrogen-bond donors (Lipinski definition) is 5. The second-order valence-electron chi connectivity index (χ2n) is 8.40. The number of benzene rings is 1. The van der Waals surface area contributed by atoms with Gasteiger partial charge in [-0.15, -0.1) is 0 Å². The maximum Gasteiger partial charge on any atom is 0.490 e. The minimum Gasteiger partial charge on any atom is -0.490 e. The number of carboxylic acids is 1. The van der Waals surface area contributed by atoms with Crippen LogP contribution in [-0.4, -0.2) is 84.7 Å². The molecule has 0 saturated carbocycles. The van der Waals surface area contributed by atoms with Crippen LogP contribution < -0.4 is 15.8 Å². The van der Waals surface area contributed by atoms with Gasteiger partial charge in [-0.05, 0) is 42.3 Å². The summed E-state index contributed by atoms with van der Waals surface area (Å²) in [7, 11) is 0. The SMILES string of the molecule is CCn1c(-c2nonc2N)nc2c(-c3cccc(Cl)c3)ncc(OCCCNCC(O)CO)c21.O=C(O)C(F)(F)F. The molecule has 0 amide bonds. The first-order valence-corrected chi connectivity index (χ1v) is 12.5. The Bertz CT molecular complexity index is 1460. The van der Waals surface area contributed by atoms with Crippen LogP contribution in [0.1, 0.15) is 13.3 Å². The fourth-order valence-electron chi connectivity index (χ4n) is 3.62. The lowest BCUT2D eigenvalue weighted by molar-refractivity contribution is -0.192. The predicted molar refractivity (Wildman–Crippen MR) is 141 cm³/mol. The van der Waals surface area contributed by atoms with E-state index in [-0.39, 0.29) is 12.4 Å². The van der Waals surface area contributed by atoms with Gasteiger partial charge >= 0.3 is 12.1 Å². The Labute approximate surface area is 235 Å². The zero-order chi connectivity index (χ0) is 30.2. The molecule has 0 aliphatic heterocycles. The molecule has 0 radical (unpaired) electrons. The number of aryl methyl sites for hydroxylation is 1. The number of nitrogens with zero attached hydrogens (tertiary/aromatic N) is 5. The van der Waals surface area contributed by atoms with Crippen molar-refractivity contribution in [3.63, 3.8) is 0 Å². The number of nitrogens with one attached hydrogen (secondary N) is 1. The highest BCUT2D eigenvalue weighted by Gasteiger charge is 2.38. The second-order valence-corrected chi connectivity index (χ2v) is 8.84. The molecule has 0 saturated heterocycles. The summed E-state index contributed by atoms with van der Waals surface area (Å²) in [5, 5.41) is 36.7. The second kappa shape index (κ2) is 14.1. The van der Waals surface area contributed by atoms with Gasteiger partial charge in [0.1, 0.15) is 11.0 Å². The number of aliphatic carboxylic acids is 1. The zero-order valence-electron chi connectivity index (χ0n) is 21.6. The van der Waals surface area contributed by atoms with Gasteiger partial charge in [0.2, 0.25) is 0 Å². The summed E-state index contributed by atoms with van der Waals surface area (Å²) in [6.07, 6.45) is -3.51. The highest BCUT2D eigenvalue weighted by molar-refractivity contribution is 6.30. The smallest absolute Gasteiger partial charge is 0.490 e. The lowest BCUT2D eigenvalue weighted by Crippen LogP contribution is -2.30. The molecule has 1 atom stereocenters. The summed E-state index contributed by atoms with van der Waals surface area (Å²) in [6, 6.07) is 7.39. The molecule has 4 rings (SSSR count). The molecule has 1 aromatic carbocycles. The fraction of sp³-hybridized carbons (Fsp3) is 0.375. The lowest BCUT2D eigenvalue weighted by atomic mass is 10.1. The first kappa shape index (κ1) is 31.5. The Morgan fingerprint density at radius 2 is 2.02 bits per heavy atom. The van der Waals surface area contributed by atoms with Crippen molar-refractivity contribution in [3.8, 4) is 28.5 Å². The van der Waals surface area contributed by atoms with Crippen molar-refractivity contribution >= 4 is 34.4 Å². The number of rotatable bonds is 11. The average Bonchev–Trinajstić information content (AvgIpc) is 3.53. The van der Waals surface area contributed by atoms with Crippen LogP contribution in [0.5, 0.6) is 5.75 Å². The van der Waals surface area contributed by atoms with Gasteiger partial charge in [0.05, 0.1) is 31.2 Å². The van der Waals surface area contributed by atoms with E-state index in [1.807, 2.05) is 29.7 Å². The number of aliphatic hydroxyl groups excluding tert-OH is 2. The first-order valence-electron chi connectivity index (χ1n) is 12.1. The highest BCUT2D eigenvalue weighted by Crippen LogP contribution is 2.37. The van der Waals surface area contributed by atoms with Crippen molar-refractivity contribution in [2.24, 2.45) is 0 Å². The molecule has 222 valence electrons. The van der Waals surface area contributed by atoms with Gasteiger partial charge in [0.25, 0.3) is 0 Å². The zero-order valence-corrected chi connectivity index (χ0v) is 22.4. The number of nitrogen functional groups attached to an aromatic ring is 1. The van der Waals surface area contributed by atoms with E-state index in [0.717, 1.165) is 11.1 Å². The van der Waals surface area contributed by atoms with Crippen LogP contribution in [0.3, 0.4) is 0 Å². The van der Waals surface area contributed by atoms with Crippen molar-refractivity contribution in [2.45, 2.75) is 32.2 Å². The maximum atomic E-state index is 10.6. The molecule has 41 heavy (non-hydrogen) atoms. The molecule has 3 heterocycles. The largest absolute Gasteiger partial charge is 0.490 e. The van der Waals surface area contributed by atoms with Gasteiger partial charge in [-0.3, -0.25) is 0 Å². The average molecular weight is 602 g/mol. The topological polar surface area (TPSA) is 195 Å². The van der Waals surface area contributed by atoms with Gasteiger partial charge in [-0.2, -0.15) is 13.2 Å². The Kier molecular flexibility index (Phi) is 10.8. The van der Waals surface area contributed by atoms with Gasteiger partial charge in [-0.25, -0.2) is 19.4 Å². The number of imidazole rings is 1. The van der Waals surface area contributed by atoms with Gasteiger partial charge in [0.15, 0.2) is 23.1 Å². The molecule has 1 unspecified atom stereocenters. The van der Waals surface area contributed by atoms with E-state index in [4.69, 9.17) is 46.7 Å². The molecular weight excluding hydrogens is 575 g/mol. The van der Waals surface area contributed by atoms with Gasteiger partial charge in [-0.1, -0.05) is 23.7 Å². The van der Waals surface area contributed by atoms with Crippen LogP contribution in [-0.2, 0) is 11.3 Å². The number of nitrogens with two attached hydrogens (primary N) is 1. The summed E-state index contributed by atoms with van der Waals surface area (Å²) >= 11 is 6.22. The molecule has 0 aliphatic rings. The van der Waals surface area contributed by atoms with Crippen molar-refractivity contribution in [1.82, 2.24) is 30.2 Å². The van der Waals surface area contributed by atoms with E-state index in [9.17, 15) is 18.3 Å². The third kappa shape index (κ3) is 8.03. The van der Waals surface area contributed by atoms with Gasteiger partial charge < -0.3 is 35.7 Å². The maximum absolute atomic E-state index is 10.6. The molecule has 0 aliphatic carbocycles. The summed E-state index contributed by atoms with van der Waals surface area (Å²) in [6.45, 7) is 3.61. The number of alkyl halides is 3. The van der Waals surface area contributed by atoms with E-state index in [0.29, 0.717) is 66.2 Å². The number of hydrogen-bond acceptors (Lipinski definition) is 11. The van der Waals surface area contributed by atoms with E-state index in [1.54, 1.807) is 12.3 Å². The Balaban J connectivity index is 0.000000587. The number of ether oxygens (including phenoxy) is 1. The molecule has 4 aromatic rings. The van der Waals surface area contributed by atoms with E-state index in [2.05, 4.69) is 20.6 Å². The normalized spacial score (nSPS) is 12.2. The van der Waals surface area contributed by atoms with Crippen LogP contribution in [0.4, 0.5) is 19.0 Å². The number of aliphatic hydroxyl groups is 2. The number of carboxylic acid groups (broad SMARTS) is 1. The van der Waals surface area contributed by atoms with Crippen LogP contribution in [0, 0.1) is 0 Å². The number of carbonyl (C=O) groups is 1. The molecule has 3 aromatic heterocycles. The fourth-order valence-corrected chi connectivity index (χ4v) is 3.81. The third-order valence-electron chi connectivity index (χ3n) is 5.46. The molecule has 0 bridgehead atoms. The third-order valence-corrected chi connectivity index (χ3v) is 5.70.